The summed E-state index contributed by atoms with van der Waals surface area (Å²) in [6.45, 7) is 10.0. The van der Waals surface area contributed by atoms with Crippen LogP contribution >= 0.6 is 0 Å². The molecule has 0 spiro atoms. The Labute approximate surface area is 199 Å². The van der Waals surface area contributed by atoms with Gasteiger partial charge in [0.05, 0.1) is 18.8 Å². The first kappa shape index (κ1) is 23.4. The van der Waals surface area contributed by atoms with Gasteiger partial charge in [0.2, 0.25) is 5.88 Å². The Morgan fingerprint density at radius 2 is 1.56 bits per heavy atom. The Hall–Kier alpha value is -3.80. The summed E-state index contributed by atoms with van der Waals surface area (Å²) < 4.78 is 16.8. The Balaban J connectivity index is 1.79. The second-order valence-corrected chi connectivity index (χ2v) is 8.60. The van der Waals surface area contributed by atoms with Crippen molar-refractivity contribution in [3.05, 3.63) is 66.5 Å². The first-order chi connectivity index (χ1) is 16.4. The third kappa shape index (κ3) is 5.06. The van der Waals surface area contributed by atoms with Gasteiger partial charge in [0.15, 0.2) is 0 Å². The van der Waals surface area contributed by atoms with Crippen LogP contribution in [0.15, 0.2) is 60.8 Å². The number of aromatic amines is 1. The van der Waals surface area contributed by atoms with Crippen LogP contribution in [0.3, 0.4) is 0 Å². The summed E-state index contributed by atoms with van der Waals surface area (Å²) in [7, 11) is 0. The number of aromatic nitrogens is 2. The van der Waals surface area contributed by atoms with Crippen molar-refractivity contribution >= 4 is 16.9 Å². The van der Waals surface area contributed by atoms with E-state index in [1.165, 1.54) is 0 Å². The molecule has 0 aliphatic carbocycles. The molecule has 0 fully saturated rings. The van der Waals surface area contributed by atoms with Crippen LogP contribution in [-0.2, 0) is 4.74 Å². The summed E-state index contributed by atoms with van der Waals surface area (Å²) in [5, 5.41) is 0.931. The standard InChI is InChI=1S/C28H30N2O4/c1-6-32-28(31)27-26(19-7-11-22(12-8-19)33-17(2)3)23-15-20(9-13-24(23)30-27)21-10-14-25(29-16-21)34-18(4)5/h7-18,30H,6H2,1-5H3. The fourth-order valence-electron chi connectivity index (χ4n) is 3.86. The van der Waals surface area contributed by atoms with Gasteiger partial charge in [-0.2, -0.15) is 0 Å². The van der Waals surface area contributed by atoms with Crippen molar-refractivity contribution in [3.63, 3.8) is 0 Å². The van der Waals surface area contributed by atoms with E-state index in [1.54, 1.807) is 13.1 Å². The highest BCUT2D eigenvalue weighted by Crippen LogP contribution is 2.36. The predicted octanol–water partition coefficient (Wildman–Crippen LogP) is 6.65. The molecule has 176 valence electrons. The highest BCUT2D eigenvalue weighted by atomic mass is 16.5. The fourth-order valence-corrected chi connectivity index (χ4v) is 3.86. The lowest BCUT2D eigenvalue weighted by atomic mass is 9.98. The van der Waals surface area contributed by atoms with Crippen molar-refractivity contribution in [1.29, 1.82) is 0 Å². The van der Waals surface area contributed by atoms with E-state index < -0.39 is 0 Å². The molecule has 0 aliphatic heterocycles. The summed E-state index contributed by atoms with van der Waals surface area (Å²) in [4.78, 5) is 20.5. The number of benzene rings is 2. The van der Waals surface area contributed by atoms with Crippen LogP contribution in [0.4, 0.5) is 0 Å². The Bertz CT molecular complexity index is 1270. The number of fused-ring (bicyclic) bond motifs is 1. The molecule has 0 unspecified atom stereocenters. The molecule has 2 aromatic carbocycles. The molecule has 0 radical (unpaired) electrons. The third-order valence-corrected chi connectivity index (χ3v) is 5.22. The average Bonchev–Trinajstić information content (AvgIpc) is 3.18. The van der Waals surface area contributed by atoms with Crippen LogP contribution in [0, 0.1) is 0 Å². The maximum atomic E-state index is 12.8. The summed E-state index contributed by atoms with van der Waals surface area (Å²) in [5.41, 5.74) is 4.96. The number of pyridine rings is 1. The molecule has 34 heavy (non-hydrogen) atoms. The summed E-state index contributed by atoms with van der Waals surface area (Å²) >= 11 is 0. The number of nitrogens with zero attached hydrogens (tertiary/aromatic N) is 1. The minimum absolute atomic E-state index is 0.0655. The van der Waals surface area contributed by atoms with E-state index in [9.17, 15) is 4.79 Å². The molecule has 0 aliphatic rings. The molecule has 0 bridgehead atoms. The third-order valence-electron chi connectivity index (χ3n) is 5.22. The topological polar surface area (TPSA) is 73.4 Å². The van der Waals surface area contributed by atoms with Gasteiger partial charge in [-0.25, -0.2) is 9.78 Å². The molecule has 1 N–H and O–H groups in total. The first-order valence-electron chi connectivity index (χ1n) is 11.6. The maximum Gasteiger partial charge on any atom is 0.355 e. The lowest BCUT2D eigenvalue weighted by molar-refractivity contribution is 0.0521. The van der Waals surface area contributed by atoms with Gasteiger partial charge in [-0.3, -0.25) is 0 Å². The normalized spacial score (nSPS) is 11.3. The number of esters is 1. The largest absolute Gasteiger partial charge is 0.491 e. The zero-order valence-corrected chi connectivity index (χ0v) is 20.2. The molecule has 2 aromatic heterocycles. The van der Waals surface area contributed by atoms with Crippen LogP contribution in [0.5, 0.6) is 11.6 Å². The molecule has 4 rings (SSSR count). The Kier molecular flexibility index (Phi) is 6.87. The number of carbonyl (C=O) groups is 1. The smallest absolute Gasteiger partial charge is 0.355 e. The Morgan fingerprint density at radius 1 is 0.882 bits per heavy atom. The lowest BCUT2D eigenvalue weighted by Crippen LogP contribution is -2.07. The number of hydrogen-bond donors (Lipinski definition) is 1. The minimum Gasteiger partial charge on any atom is -0.491 e. The van der Waals surface area contributed by atoms with E-state index in [1.807, 2.05) is 76.2 Å². The van der Waals surface area contributed by atoms with Gasteiger partial charge in [-0.05, 0) is 76.1 Å². The van der Waals surface area contributed by atoms with E-state index in [4.69, 9.17) is 14.2 Å². The van der Waals surface area contributed by atoms with Crippen molar-refractivity contribution in [2.75, 3.05) is 6.61 Å². The number of H-pyrrole nitrogens is 1. The zero-order chi connectivity index (χ0) is 24.2. The van der Waals surface area contributed by atoms with Gasteiger partial charge in [0.1, 0.15) is 11.4 Å². The molecule has 6 nitrogen and oxygen atoms in total. The van der Waals surface area contributed by atoms with Crippen LogP contribution in [0.1, 0.15) is 45.1 Å². The van der Waals surface area contributed by atoms with Crippen LogP contribution in [0.25, 0.3) is 33.2 Å². The molecule has 0 atom stereocenters. The highest BCUT2D eigenvalue weighted by Gasteiger charge is 2.21. The second-order valence-electron chi connectivity index (χ2n) is 8.60. The molecular weight excluding hydrogens is 428 g/mol. The van der Waals surface area contributed by atoms with E-state index in [0.29, 0.717) is 18.2 Å². The minimum atomic E-state index is -0.380. The number of rotatable bonds is 8. The van der Waals surface area contributed by atoms with Crippen molar-refractivity contribution in [3.8, 4) is 33.9 Å². The van der Waals surface area contributed by atoms with E-state index in [-0.39, 0.29) is 18.2 Å². The summed E-state index contributed by atoms with van der Waals surface area (Å²) in [5.74, 6) is 0.997. The Morgan fingerprint density at radius 3 is 2.18 bits per heavy atom. The van der Waals surface area contributed by atoms with Gasteiger partial charge < -0.3 is 19.2 Å². The zero-order valence-electron chi connectivity index (χ0n) is 20.2. The number of nitrogens with one attached hydrogen (secondary N) is 1. The fraction of sp³-hybridized carbons (Fsp3) is 0.286. The number of carbonyl (C=O) groups excluding carboxylic acids is 1. The number of hydrogen-bond acceptors (Lipinski definition) is 5. The molecule has 0 amide bonds. The summed E-state index contributed by atoms with van der Waals surface area (Å²) in [6, 6.07) is 17.7. The van der Waals surface area contributed by atoms with Crippen molar-refractivity contribution in [1.82, 2.24) is 9.97 Å². The van der Waals surface area contributed by atoms with Crippen molar-refractivity contribution < 1.29 is 19.0 Å². The lowest BCUT2D eigenvalue weighted by Gasteiger charge is -2.11. The van der Waals surface area contributed by atoms with Gasteiger partial charge >= 0.3 is 5.97 Å². The van der Waals surface area contributed by atoms with Gasteiger partial charge in [0.25, 0.3) is 0 Å². The van der Waals surface area contributed by atoms with Crippen LogP contribution in [0.2, 0.25) is 0 Å². The van der Waals surface area contributed by atoms with Crippen LogP contribution < -0.4 is 9.47 Å². The molecule has 6 heteroatoms. The first-order valence-corrected chi connectivity index (χ1v) is 11.6. The van der Waals surface area contributed by atoms with Gasteiger partial charge in [0, 0.05) is 34.3 Å². The predicted molar refractivity (Wildman–Crippen MR) is 134 cm³/mol. The molecule has 0 saturated heterocycles. The molecule has 0 saturated carbocycles. The van der Waals surface area contributed by atoms with Gasteiger partial charge in [-0.1, -0.05) is 18.2 Å². The number of ether oxygens (including phenoxy) is 3. The van der Waals surface area contributed by atoms with E-state index in [0.717, 1.165) is 38.9 Å². The molecule has 2 heterocycles. The second kappa shape index (κ2) is 10.00. The van der Waals surface area contributed by atoms with E-state index >= 15 is 0 Å². The van der Waals surface area contributed by atoms with Crippen molar-refractivity contribution in [2.24, 2.45) is 0 Å². The molecular formula is C28H30N2O4. The highest BCUT2D eigenvalue weighted by molar-refractivity contribution is 6.09. The quantitative estimate of drug-likeness (QED) is 0.299. The van der Waals surface area contributed by atoms with Crippen LogP contribution in [-0.4, -0.2) is 34.8 Å². The maximum absolute atomic E-state index is 12.8. The van der Waals surface area contributed by atoms with Gasteiger partial charge in [-0.15, -0.1) is 0 Å². The monoisotopic (exact) mass is 458 g/mol. The summed E-state index contributed by atoms with van der Waals surface area (Å²) in [6.07, 6.45) is 1.95. The van der Waals surface area contributed by atoms with E-state index in [2.05, 4.69) is 16.0 Å². The van der Waals surface area contributed by atoms with Crippen molar-refractivity contribution in [2.45, 2.75) is 46.8 Å². The molecule has 4 aromatic rings. The average molecular weight is 459 g/mol. The SMILES string of the molecule is CCOC(=O)c1[nH]c2ccc(-c3ccc(OC(C)C)nc3)cc2c1-c1ccc(OC(C)C)cc1.